The minimum atomic E-state index is -0.134. The number of hydrogen-bond acceptors (Lipinski definition) is 3. The van der Waals surface area contributed by atoms with Gasteiger partial charge in [0.15, 0.2) is 0 Å². The number of rotatable bonds is 3. The van der Waals surface area contributed by atoms with Gasteiger partial charge in [-0.1, -0.05) is 15.9 Å². The van der Waals surface area contributed by atoms with Crippen molar-refractivity contribution in [2.45, 2.75) is 31.9 Å². The number of carbonyl (C=O) groups excluding carboxylic acids is 1. The molecule has 1 saturated heterocycles. The molecule has 5 heteroatoms. The molecule has 1 aliphatic heterocycles. The van der Waals surface area contributed by atoms with Crippen LogP contribution in [0.4, 0.5) is 5.69 Å². The van der Waals surface area contributed by atoms with E-state index in [2.05, 4.69) is 26.1 Å². The van der Waals surface area contributed by atoms with Gasteiger partial charge in [0.05, 0.1) is 6.61 Å². The largest absolute Gasteiger partial charge is 0.392 e. The van der Waals surface area contributed by atoms with Crippen LogP contribution < -0.4 is 10.2 Å². The first-order valence-electron chi connectivity index (χ1n) is 6.55. The zero-order valence-electron chi connectivity index (χ0n) is 11.0. The average Bonchev–Trinajstić information content (AvgIpc) is 2.46. The normalized spacial score (nSPS) is 19.3. The molecule has 2 rings (SSSR count). The van der Waals surface area contributed by atoms with Crippen LogP contribution in [0.1, 0.15) is 24.8 Å². The number of aliphatic hydroxyl groups excluding tert-OH is 1. The van der Waals surface area contributed by atoms with E-state index in [4.69, 9.17) is 0 Å². The summed E-state index contributed by atoms with van der Waals surface area (Å²) in [4.78, 5) is 14.1. The molecule has 1 heterocycles. The van der Waals surface area contributed by atoms with E-state index in [1.54, 1.807) is 7.05 Å². The molecule has 19 heavy (non-hydrogen) atoms. The summed E-state index contributed by atoms with van der Waals surface area (Å²) < 4.78 is 0.939. The van der Waals surface area contributed by atoms with Crippen molar-refractivity contribution in [1.29, 1.82) is 0 Å². The summed E-state index contributed by atoms with van der Waals surface area (Å²) in [6, 6.07) is 5.69. The van der Waals surface area contributed by atoms with Crippen LogP contribution in [0, 0.1) is 0 Å². The number of likely N-dealkylation sites (N-methyl/N-ethyl adjacent to an activating group) is 1. The van der Waals surface area contributed by atoms with Crippen LogP contribution in [0.15, 0.2) is 22.7 Å². The molecule has 1 aromatic carbocycles. The predicted molar refractivity (Wildman–Crippen MR) is 79.1 cm³/mol. The van der Waals surface area contributed by atoms with Crippen LogP contribution in [-0.4, -0.2) is 30.6 Å². The number of halogens is 1. The van der Waals surface area contributed by atoms with E-state index in [-0.39, 0.29) is 18.6 Å². The molecule has 0 aromatic heterocycles. The molecule has 1 fully saturated rings. The minimum Gasteiger partial charge on any atom is -0.392 e. The molecular weight excluding hydrogens is 308 g/mol. The number of benzene rings is 1. The fourth-order valence-electron chi connectivity index (χ4n) is 2.62. The van der Waals surface area contributed by atoms with Crippen LogP contribution in [0.25, 0.3) is 0 Å². The average molecular weight is 327 g/mol. The number of carbonyl (C=O) groups is 1. The highest BCUT2D eigenvalue weighted by atomic mass is 79.9. The van der Waals surface area contributed by atoms with Gasteiger partial charge in [-0.05, 0) is 37.5 Å². The van der Waals surface area contributed by atoms with Crippen LogP contribution >= 0.6 is 15.9 Å². The molecule has 1 atom stereocenters. The highest BCUT2D eigenvalue weighted by molar-refractivity contribution is 9.10. The van der Waals surface area contributed by atoms with Gasteiger partial charge in [0.2, 0.25) is 5.91 Å². The van der Waals surface area contributed by atoms with Gasteiger partial charge in [-0.15, -0.1) is 0 Å². The Labute approximate surface area is 121 Å². The predicted octanol–water partition coefficient (Wildman–Crippen LogP) is 2.05. The lowest BCUT2D eigenvalue weighted by Gasteiger charge is -2.37. The van der Waals surface area contributed by atoms with Crippen molar-refractivity contribution in [3.63, 3.8) is 0 Å². The summed E-state index contributed by atoms with van der Waals surface area (Å²) in [5, 5.41) is 12.2. The van der Waals surface area contributed by atoms with Gasteiger partial charge >= 0.3 is 0 Å². The zero-order chi connectivity index (χ0) is 13.8. The Bertz CT molecular complexity index is 465. The van der Waals surface area contributed by atoms with E-state index in [9.17, 15) is 9.90 Å². The minimum absolute atomic E-state index is 0.0221. The Balaban J connectivity index is 2.34. The van der Waals surface area contributed by atoms with Gasteiger partial charge in [-0.3, -0.25) is 4.79 Å². The van der Waals surface area contributed by atoms with E-state index in [1.165, 1.54) is 0 Å². The Morgan fingerprint density at radius 3 is 3.00 bits per heavy atom. The molecule has 4 nitrogen and oxygen atoms in total. The molecular formula is C14H19BrN2O2. The maximum absolute atomic E-state index is 12.0. The van der Waals surface area contributed by atoms with E-state index in [1.807, 2.05) is 18.2 Å². The first-order chi connectivity index (χ1) is 9.17. The maximum Gasteiger partial charge on any atom is 0.242 e. The third kappa shape index (κ3) is 3.09. The second-order valence-electron chi connectivity index (χ2n) is 4.75. The highest BCUT2D eigenvalue weighted by Gasteiger charge is 2.29. The van der Waals surface area contributed by atoms with E-state index < -0.39 is 0 Å². The van der Waals surface area contributed by atoms with Crippen molar-refractivity contribution in [3.8, 4) is 0 Å². The Morgan fingerprint density at radius 1 is 1.53 bits per heavy atom. The molecule has 0 radical (unpaired) electrons. The summed E-state index contributed by atoms with van der Waals surface area (Å²) in [6.07, 6.45) is 3.01. The van der Waals surface area contributed by atoms with E-state index >= 15 is 0 Å². The highest BCUT2D eigenvalue weighted by Crippen LogP contribution is 2.30. The van der Waals surface area contributed by atoms with Crippen LogP contribution in [-0.2, 0) is 11.4 Å². The first kappa shape index (κ1) is 14.3. The third-order valence-corrected chi connectivity index (χ3v) is 4.07. The second-order valence-corrected chi connectivity index (χ2v) is 5.67. The molecule has 1 aliphatic rings. The Morgan fingerprint density at radius 2 is 2.32 bits per heavy atom. The number of amides is 1. The molecule has 0 aliphatic carbocycles. The molecule has 2 N–H and O–H groups in total. The molecule has 104 valence electrons. The van der Waals surface area contributed by atoms with Gasteiger partial charge in [-0.25, -0.2) is 0 Å². The molecule has 0 bridgehead atoms. The van der Waals surface area contributed by atoms with Crippen molar-refractivity contribution in [2.24, 2.45) is 0 Å². The Kier molecular flexibility index (Phi) is 4.82. The number of hydrogen-bond donors (Lipinski definition) is 2. The van der Waals surface area contributed by atoms with Crippen molar-refractivity contribution in [2.75, 3.05) is 18.5 Å². The van der Waals surface area contributed by atoms with Crippen LogP contribution in [0.3, 0.4) is 0 Å². The molecule has 1 aromatic rings. The third-order valence-electron chi connectivity index (χ3n) is 3.57. The van der Waals surface area contributed by atoms with Crippen molar-refractivity contribution in [1.82, 2.24) is 5.32 Å². The number of anilines is 1. The van der Waals surface area contributed by atoms with Gasteiger partial charge in [-0.2, -0.15) is 0 Å². The lowest BCUT2D eigenvalue weighted by atomic mass is 9.99. The number of nitrogens with one attached hydrogen (secondary N) is 1. The zero-order valence-corrected chi connectivity index (χ0v) is 12.6. The molecule has 1 amide bonds. The summed E-state index contributed by atoms with van der Waals surface area (Å²) in [6.45, 7) is 0.832. The van der Waals surface area contributed by atoms with Crippen molar-refractivity contribution >= 4 is 27.5 Å². The Hall–Kier alpha value is -1.07. The summed E-state index contributed by atoms with van der Waals surface area (Å²) in [7, 11) is 1.67. The lowest BCUT2D eigenvalue weighted by Crippen LogP contribution is -2.49. The fraction of sp³-hybridized carbons (Fsp3) is 0.500. The summed E-state index contributed by atoms with van der Waals surface area (Å²) in [5.74, 6) is 0.0477. The number of aliphatic hydroxyl groups is 1. The van der Waals surface area contributed by atoms with Gasteiger partial charge in [0.1, 0.15) is 6.04 Å². The topological polar surface area (TPSA) is 52.6 Å². The molecule has 0 saturated carbocycles. The lowest BCUT2D eigenvalue weighted by molar-refractivity contribution is -0.122. The SMILES string of the molecule is CNC(=O)C1CCCCN1c1ccc(Br)cc1CO. The fourth-order valence-corrected chi connectivity index (χ4v) is 3.03. The summed E-state index contributed by atoms with van der Waals surface area (Å²) in [5.41, 5.74) is 1.81. The number of nitrogens with zero attached hydrogens (tertiary/aromatic N) is 1. The van der Waals surface area contributed by atoms with Gasteiger partial charge in [0, 0.05) is 29.3 Å². The summed E-state index contributed by atoms with van der Waals surface area (Å²) >= 11 is 3.41. The number of piperidine rings is 1. The second kappa shape index (κ2) is 6.39. The van der Waals surface area contributed by atoms with Crippen molar-refractivity contribution in [3.05, 3.63) is 28.2 Å². The maximum atomic E-state index is 12.0. The quantitative estimate of drug-likeness (QED) is 0.893. The monoisotopic (exact) mass is 326 g/mol. The first-order valence-corrected chi connectivity index (χ1v) is 7.34. The van der Waals surface area contributed by atoms with Crippen LogP contribution in [0.2, 0.25) is 0 Å². The molecule has 0 spiro atoms. The van der Waals surface area contributed by atoms with Gasteiger partial charge in [0.25, 0.3) is 0 Å². The smallest absolute Gasteiger partial charge is 0.242 e. The van der Waals surface area contributed by atoms with Gasteiger partial charge < -0.3 is 15.3 Å². The standard InChI is InChI=1S/C14H19BrN2O2/c1-16-14(19)13-4-2-3-7-17(13)12-6-5-11(15)8-10(12)9-18/h5-6,8,13,18H,2-4,7,9H2,1H3,(H,16,19). The van der Waals surface area contributed by atoms with Crippen molar-refractivity contribution < 1.29 is 9.90 Å². The van der Waals surface area contributed by atoms with E-state index in [0.29, 0.717) is 0 Å². The van der Waals surface area contributed by atoms with Crippen LogP contribution in [0.5, 0.6) is 0 Å². The van der Waals surface area contributed by atoms with E-state index in [0.717, 1.165) is 41.5 Å². The molecule has 1 unspecified atom stereocenters.